The van der Waals surface area contributed by atoms with E-state index in [1.807, 2.05) is 6.20 Å². The Hall–Kier alpha value is -0.870. The van der Waals surface area contributed by atoms with E-state index >= 15 is 0 Å². The van der Waals surface area contributed by atoms with Crippen LogP contribution in [0.2, 0.25) is 0 Å². The van der Waals surface area contributed by atoms with E-state index in [0.717, 1.165) is 44.2 Å². The van der Waals surface area contributed by atoms with Crippen LogP contribution in [0.25, 0.3) is 0 Å². The Morgan fingerprint density at radius 2 is 2.10 bits per heavy atom. The van der Waals surface area contributed by atoms with Crippen molar-refractivity contribution in [2.75, 3.05) is 26.8 Å². The molecule has 1 aliphatic carbocycles. The number of aromatic nitrogens is 1. The van der Waals surface area contributed by atoms with Crippen molar-refractivity contribution in [3.63, 3.8) is 0 Å². The maximum absolute atomic E-state index is 5.99. The normalized spacial score (nSPS) is 18.3. The number of nitrogens with zero attached hydrogens (tertiary/aromatic N) is 1. The minimum absolute atomic E-state index is 0.222. The van der Waals surface area contributed by atoms with E-state index in [1.165, 1.54) is 32.1 Å². The third-order valence-electron chi connectivity index (χ3n) is 4.33. The number of hydrogen-bond donors (Lipinski definition) is 1. The Labute approximate surface area is 122 Å². The molecule has 0 spiro atoms. The van der Waals surface area contributed by atoms with Gasteiger partial charge in [0.25, 0.3) is 0 Å². The molecule has 1 fully saturated rings. The van der Waals surface area contributed by atoms with Gasteiger partial charge in [-0.2, -0.15) is 0 Å². The standard InChI is InChI=1S/C16H28N2O2/c1-16(8-4-3-5-9-16)14-13-18-15(20-14)7-6-10-17-11-12-19-2/h13,17H,3-12H2,1-2H3. The average Bonchev–Trinajstić information content (AvgIpc) is 2.93. The predicted octanol–water partition coefficient (Wildman–Crippen LogP) is 3.07. The van der Waals surface area contributed by atoms with Gasteiger partial charge in [0.1, 0.15) is 5.76 Å². The summed E-state index contributed by atoms with van der Waals surface area (Å²) in [5.41, 5.74) is 0.222. The maximum atomic E-state index is 5.99. The van der Waals surface area contributed by atoms with Crippen LogP contribution < -0.4 is 5.32 Å². The molecule has 114 valence electrons. The van der Waals surface area contributed by atoms with Crippen molar-refractivity contribution in [3.05, 3.63) is 17.8 Å². The number of ether oxygens (including phenoxy) is 1. The van der Waals surface area contributed by atoms with E-state index in [-0.39, 0.29) is 5.41 Å². The highest BCUT2D eigenvalue weighted by Gasteiger charge is 2.32. The monoisotopic (exact) mass is 280 g/mol. The summed E-state index contributed by atoms with van der Waals surface area (Å²) in [6.07, 6.45) is 10.4. The highest BCUT2D eigenvalue weighted by Crippen LogP contribution is 2.39. The molecule has 0 bridgehead atoms. The summed E-state index contributed by atoms with van der Waals surface area (Å²) >= 11 is 0. The van der Waals surface area contributed by atoms with Crippen LogP contribution in [0.5, 0.6) is 0 Å². The van der Waals surface area contributed by atoms with E-state index in [1.54, 1.807) is 7.11 Å². The molecule has 1 saturated carbocycles. The summed E-state index contributed by atoms with van der Waals surface area (Å²) in [6, 6.07) is 0. The van der Waals surface area contributed by atoms with Crippen LogP contribution in [0.3, 0.4) is 0 Å². The van der Waals surface area contributed by atoms with Crippen LogP contribution in [0.4, 0.5) is 0 Å². The highest BCUT2D eigenvalue weighted by atomic mass is 16.5. The van der Waals surface area contributed by atoms with Gasteiger partial charge < -0.3 is 14.5 Å². The van der Waals surface area contributed by atoms with Crippen molar-refractivity contribution in [3.8, 4) is 0 Å². The van der Waals surface area contributed by atoms with Crippen molar-refractivity contribution in [1.82, 2.24) is 10.3 Å². The van der Waals surface area contributed by atoms with Gasteiger partial charge in [0.15, 0.2) is 5.89 Å². The number of methoxy groups -OCH3 is 1. The summed E-state index contributed by atoms with van der Waals surface area (Å²) in [7, 11) is 1.72. The van der Waals surface area contributed by atoms with Gasteiger partial charge in [0.05, 0.1) is 12.8 Å². The molecular formula is C16H28N2O2. The van der Waals surface area contributed by atoms with E-state index in [9.17, 15) is 0 Å². The number of rotatable bonds is 8. The molecule has 4 nitrogen and oxygen atoms in total. The third kappa shape index (κ3) is 4.32. The topological polar surface area (TPSA) is 47.3 Å². The van der Waals surface area contributed by atoms with Crippen molar-refractivity contribution < 1.29 is 9.15 Å². The largest absolute Gasteiger partial charge is 0.445 e. The minimum Gasteiger partial charge on any atom is -0.445 e. The Morgan fingerprint density at radius 1 is 1.30 bits per heavy atom. The minimum atomic E-state index is 0.222. The average molecular weight is 280 g/mol. The molecule has 0 atom stereocenters. The SMILES string of the molecule is COCCNCCCc1ncc(C2(C)CCCCC2)o1. The fourth-order valence-corrected chi connectivity index (χ4v) is 2.95. The fraction of sp³-hybridized carbons (Fsp3) is 0.812. The first kappa shape index (κ1) is 15.5. The molecule has 1 N–H and O–H groups in total. The zero-order chi connectivity index (χ0) is 14.3. The second-order valence-corrected chi connectivity index (χ2v) is 6.09. The van der Waals surface area contributed by atoms with E-state index in [0.29, 0.717) is 0 Å². The molecule has 1 heterocycles. The van der Waals surface area contributed by atoms with Gasteiger partial charge in [0.2, 0.25) is 0 Å². The Balaban J connectivity index is 1.74. The lowest BCUT2D eigenvalue weighted by Crippen LogP contribution is -2.24. The first-order chi connectivity index (χ1) is 9.74. The molecule has 4 heteroatoms. The van der Waals surface area contributed by atoms with Gasteiger partial charge >= 0.3 is 0 Å². The molecule has 0 aromatic carbocycles. The Bertz CT molecular complexity index is 384. The zero-order valence-corrected chi connectivity index (χ0v) is 12.9. The fourth-order valence-electron chi connectivity index (χ4n) is 2.95. The smallest absolute Gasteiger partial charge is 0.194 e. The van der Waals surface area contributed by atoms with Gasteiger partial charge in [0, 0.05) is 25.5 Å². The first-order valence-corrected chi connectivity index (χ1v) is 7.89. The van der Waals surface area contributed by atoms with Gasteiger partial charge in [-0.25, -0.2) is 4.98 Å². The zero-order valence-electron chi connectivity index (χ0n) is 12.9. The van der Waals surface area contributed by atoms with Crippen LogP contribution in [0.1, 0.15) is 57.1 Å². The predicted molar refractivity (Wildman–Crippen MR) is 80.0 cm³/mol. The molecule has 0 unspecified atom stereocenters. The molecule has 2 rings (SSSR count). The highest BCUT2D eigenvalue weighted by molar-refractivity contribution is 5.11. The van der Waals surface area contributed by atoms with Crippen molar-refractivity contribution in [2.45, 2.75) is 57.3 Å². The first-order valence-electron chi connectivity index (χ1n) is 7.89. The van der Waals surface area contributed by atoms with Crippen LogP contribution in [-0.2, 0) is 16.6 Å². The van der Waals surface area contributed by atoms with E-state index < -0.39 is 0 Å². The molecule has 1 aromatic heterocycles. The molecule has 0 aliphatic heterocycles. The molecule has 0 saturated heterocycles. The molecule has 0 amide bonds. The molecule has 1 aliphatic rings. The molecule has 20 heavy (non-hydrogen) atoms. The van der Waals surface area contributed by atoms with Crippen molar-refractivity contribution in [2.24, 2.45) is 0 Å². The van der Waals surface area contributed by atoms with Gasteiger partial charge in [-0.3, -0.25) is 0 Å². The van der Waals surface area contributed by atoms with E-state index in [4.69, 9.17) is 9.15 Å². The molecular weight excluding hydrogens is 252 g/mol. The summed E-state index contributed by atoms with van der Waals surface area (Å²) < 4.78 is 11.0. The maximum Gasteiger partial charge on any atom is 0.194 e. The van der Waals surface area contributed by atoms with Crippen molar-refractivity contribution in [1.29, 1.82) is 0 Å². The summed E-state index contributed by atoms with van der Waals surface area (Å²) in [5.74, 6) is 1.99. The number of oxazole rings is 1. The van der Waals surface area contributed by atoms with Crippen LogP contribution in [-0.4, -0.2) is 31.8 Å². The summed E-state index contributed by atoms with van der Waals surface area (Å²) in [6.45, 7) is 4.98. The second-order valence-electron chi connectivity index (χ2n) is 6.09. The Kier molecular flexibility index (Phi) is 6.05. The van der Waals surface area contributed by atoms with E-state index in [2.05, 4.69) is 17.2 Å². The molecule has 0 radical (unpaired) electrons. The van der Waals surface area contributed by atoms with Crippen LogP contribution in [0, 0.1) is 0 Å². The summed E-state index contributed by atoms with van der Waals surface area (Å²) in [4.78, 5) is 4.45. The van der Waals surface area contributed by atoms with Crippen molar-refractivity contribution >= 4 is 0 Å². The number of aryl methyl sites for hydroxylation is 1. The third-order valence-corrected chi connectivity index (χ3v) is 4.33. The van der Waals surface area contributed by atoms with Crippen LogP contribution in [0.15, 0.2) is 10.6 Å². The quantitative estimate of drug-likeness (QED) is 0.743. The molecule has 1 aromatic rings. The summed E-state index contributed by atoms with van der Waals surface area (Å²) in [5, 5.41) is 3.34. The lowest BCUT2D eigenvalue weighted by atomic mass is 9.74. The van der Waals surface area contributed by atoms with Gasteiger partial charge in [-0.15, -0.1) is 0 Å². The number of nitrogens with one attached hydrogen (secondary N) is 1. The lowest BCUT2D eigenvalue weighted by Gasteiger charge is -2.30. The van der Waals surface area contributed by atoms with Gasteiger partial charge in [-0.05, 0) is 25.8 Å². The van der Waals surface area contributed by atoms with Crippen LogP contribution >= 0.6 is 0 Å². The van der Waals surface area contributed by atoms with Gasteiger partial charge in [-0.1, -0.05) is 26.2 Å². The lowest BCUT2D eigenvalue weighted by molar-refractivity contribution is 0.199. The second kappa shape index (κ2) is 7.79. The number of hydrogen-bond acceptors (Lipinski definition) is 4. The Morgan fingerprint density at radius 3 is 2.85 bits per heavy atom.